The van der Waals surface area contributed by atoms with E-state index in [1.165, 1.54) is 11.3 Å². The molecule has 0 fully saturated rings. The van der Waals surface area contributed by atoms with Crippen LogP contribution in [0.1, 0.15) is 5.69 Å². The Bertz CT molecular complexity index is 485. The van der Waals surface area contributed by atoms with Crippen LogP contribution >= 0.6 is 11.3 Å². The highest BCUT2D eigenvalue weighted by Crippen LogP contribution is 2.11. The Balaban J connectivity index is 3.03. The lowest BCUT2D eigenvalue weighted by Crippen LogP contribution is -2.06. The first-order valence-corrected chi connectivity index (χ1v) is 4.43. The third-order valence-corrected chi connectivity index (χ3v) is 2.73. The van der Waals surface area contributed by atoms with Gasteiger partial charge in [-0.05, 0) is 12.3 Å². The minimum Gasteiger partial charge on any atom is -0.358 e. The molecular formula is C8H6BNOS. The van der Waals surface area contributed by atoms with Gasteiger partial charge in [0.1, 0.15) is 7.85 Å². The molecule has 0 atom stereocenters. The van der Waals surface area contributed by atoms with Crippen molar-refractivity contribution >= 4 is 34.9 Å². The van der Waals surface area contributed by atoms with Crippen LogP contribution in [0.15, 0.2) is 16.2 Å². The first-order valence-electron chi connectivity index (χ1n) is 3.55. The smallest absolute Gasteiger partial charge is 0.199 e. The summed E-state index contributed by atoms with van der Waals surface area (Å²) in [5, 5.41) is 1.78. The maximum absolute atomic E-state index is 11.3. The summed E-state index contributed by atoms with van der Waals surface area (Å²) in [6.45, 7) is 1.85. The van der Waals surface area contributed by atoms with Crippen LogP contribution in [-0.4, -0.2) is 12.8 Å². The molecule has 0 aliphatic carbocycles. The zero-order valence-corrected chi connectivity index (χ0v) is 7.37. The fourth-order valence-electron chi connectivity index (χ4n) is 1.18. The fraction of sp³-hybridized carbons (Fsp3) is 0.125. The van der Waals surface area contributed by atoms with Gasteiger partial charge < -0.3 is 4.98 Å². The maximum atomic E-state index is 11.3. The summed E-state index contributed by atoms with van der Waals surface area (Å²) in [6, 6.07) is 1.58. The number of fused-ring (bicyclic) bond motifs is 1. The van der Waals surface area contributed by atoms with E-state index in [9.17, 15) is 4.79 Å². The molecule has 0 unspecified atom stereocenters. The van der Waals surface area contributed by atoms with Crippen molar-refractivity contribution in [1.82, 2.24) is 4.98 Å². The molecule has 0 amide bonds. The highest BCUT2D eigenvalue weighted by Gasteiger charge is 2.03. The van der Waals surface area contributed by atoms with Crippen molar-refractivity contribution in [1.29, 1.82) is 0 Å². The van der Waals surface area contributed by atoms with Gasteiger partial charge in [-0.3, -0.25) is 4.79 Å². The van der Waals surface area contributed by atoms with E-state index in [2.05, 4.69) is 4.98 Å². The molecular weight excluding hydrogens is 169 g/mol. The topological polar surface area (TPSA) is 32.9 Å². The summed E-state index contributed by atoms with van der Waals surface area (Å²) in [5.41, 5.74) is 2.31. The molecule has 0 saturated heterocycles. The van der Waals surface area contributed by atoms with Gasteiger partial charge in [-0.1, -0.05) is 5.46 Å². The van der Waals surface area contributed by atoms with Crippen LogP contribution in [0.25, 0.3) is 10.2 Å². The van der Waals surface area contributed by atoms with Gasteiger partial charge in [-0.15, -0.1) is 11.3 Å². The van der Waals surface area contributed by atoms with Crippen LogP contribution in [0.2, 0.25) is 0 Å². The van der Waals surface area contributed by atoms with Gasteiger partial charge in [0.25, 0.3) is 0 Å². The number of aryl methyl sites for hydroxylation is 1. The van der Waals surface area contributed by atoms with Crippen molar-refractivity contribution in [2.45, 2.75) is 6.92 Å². The standard InChI is InChI=1S/C8H6BNOS/c1-4-2-6(11)8-7(10-4)5(9)3-12-8/h2-3H,1H3,(H,10,11). The predicted molar refractivity (Wildman–Crippen MR) is 52.6 cm³/mol. The van der Waals surface area contributed by atoms with Crippen LogP contribution in [-0.2, 0) is 0 Å². The average Bonchev–Trinajstić information content (AvgIpc) is 2.33. The summed E-state index contributed by atoms with van der Waals surface area (Å²) in [7, 11) is 5.65. The number of aromatic nitrogens is 1. The number of thiophene rings is 1. The van der Waals surface area contributed by atoms with Crippen LogP contribution < -0.4 is 10.9 Å². The van der Waals surface area contributed by atoms with E-state index in [1.54, 1.807) is 11.4 Å². The van der Waals surface area contributed by atoms with Crippen LogP contribution in [0.5, 0.6) is 0 Å². The van der Waals surface area contributed by atoms with Crippen molar-refractivity contribution in [2.24, 2.45) is 0 Å². The summed E-state index contributed by atoms with van der Waals surface area (Å²) >= 11 is 1.38. The SMILES string of the molecule is [B]c1csc2c(=O)cc(C)[nH]c12. The zero-order valence-electron chi connectivity index (χ0n) is 6.55. The number of rotatable bonds is 0. The van der Waals surface area contributed by atoms with Gasteiger partial charge in [0.15, 0.2) is 5.43 Å². The summed E-state index contributed by atoms with van der Waals surface area (Å²) in [5.74, 6) is 0. The van der Waals surface area contributed by atoms with Gasteiger partial charge >= 0.3 is 0 Å². The second kappa shape index (κ2) is 2.49. The van der Waals surface area contributed by atoms with Crippen molar-refractivity contribution in [3.63, 3.8) is 0 Å². The fourth-order valence-corrected chi connectivity index (χ4v) is 2.00. The van der Waals surface area contributed by atoms with E-state index in [1.807, 2.05) is 6.92 Å². The third-order valence-electron chi connectivity index (χ3n) is 1.71. The molecule has 0 saturated carbocycles. The normalized spacial score (nSPS) is 10.8. The summed E-state index contributed by atoms with van der Waals surface area (Å²) < 4.78 is 0.707. The first-order chi connectivity index (χ1) is 5.68. The Hall–Kier alpha value is -1.03. The molecule has 2 rings (SSSR count). The quantitative estimate of drug-likeness (QED) is 0.587. The van der Waals surface area contributed by atoms with Crippen molar-refractivity contribution in [3.8, 4) is 0 Å². The Morgan fingerprint density at radius 3 is 3.08 bits per heavy atom. The van der Waals surface area contributed by atoms with Crippen LogP contribution in [0.4, 0.5) is 0 Å². The second-order valence-electron chi connectivity index (χ2n) is 2.71. The van der Waals surface area contributed by atoms with Gasteiger partial charge in [0.2, 0.25) is 0 Å². The molecule has 2 nitrogen and oxygen atoms in total. The maximum Gasteiger partial charge on any atom is 0.199 e. The number of hydrogen-bond donors (Lipinski definition) is 1. The van der Waals surface area contributed by atoms with E-state index in [0.29, 0.717) is 10.2 Å². The number of hydrogen-bond acceptors (Lipinski definition) is 2. The lowest BCUT2D eigenvalue weighted by molar-refractivity contribution is 1.25. The Labute approximate surface area is 74.7 Å². The van der Waals surface area contributed by atoms with E-state index in [4.69, 9.17) is 7.85 Å². The molecule has 0 aliphatic rings. The molecule has 58 valence electrons. The minimum absolute atomic E-state index is 0.0444. The molecule has 2 radical (unpaired) electrons. The van der Waals surface area contributed by atoms with Gasteiger partial charge in [0.05, 0.1) is 10.2 Å². The van der Waals surface area contributed by atoms with E-state index in [0.717, 1.165) is 11.2 Å². The Morgan fingerprint density at radius 2 is 2.33 bits per heavy atom. The minimum atomic E-state index is 0.0444. The summed E-state index contributed by atoms with van der Waals surface area (Å²) in [4.78, 5) is 14.4. The molecule has 2 aromatic rings. The molecule has 12 heavy (non-hydrogen) atoms. The molecule has 1 N–H and O–H groups in total. The third kappa shape index (κ3) is 0.993. The lowest BCUT2D eigenvalue weighted by atomic mass is 9.99. The van der Waals surface area contributed by atoms with Gasteiger partial charge in [-0.2, -0.15) is 0 Å². The first kappa shape index (κ1) is 7.62. The molecule has 0 aromatic carbocycles. The van der Waals surface area contributed by atoms with Crippen LogP contribution in [0, 0.1) is 6.92 Å². The molecule has 2 aromatic heterocycles. The number of aromatic amines is 1. The van der Waals surface area contributed by atoms with Crippen LogP contribution in [0.3, 0.4) is 0 Å². The number of pyridine rings is 1. The Kier molecular flexibility index (Phi) is 1.58. The predicted octanol–water partition coefficient (Wildman–Crippen LogP) is 0.692. The average molecular weight is 175 g/mol. The van der Waals surface area contributed by atoms with Crippen molar-refractivity contribution in [2.75, 3.05) is 0 Å². The van der Waals surface area contributed by atoms with Gasteiger partial charge in [0, 0.05) is 11.8 Å². The molecule has 0 spiro atoms. The number of H-pyrrole nitrogens is 1. The second-order valence-corrected chi connectivity index (χ2v) is 3.59. The molecule has 4 heteroatoms. The highest BCUT2D eigenvalue weighted by atomic mass is 32.1. The van der Waals surface area contributed by atoms with E-state index >= 15 is 0 Å². The molecule has 0 bridgehead atoms. The Morgan fingerprint density at radius 1 is 1.58 bits per heavy atom. The van der Waals surface area contributed by atoms with E-state index < -0.39 is 0 Å². The summed E-state index contributed by atoms with van der Waals surface area (Å²) in [6.07, 6.45) is 0. The molecule has 2 heterocycles. The lowest BCUT2D eigenvalue weighted by Gasteiger charge is -1.94. The van der Waals surface area contributed by atoms with Crippen molar-refractivity contribution < 1.29 is 0 Å². The largest absolute Gasteiger partial charge is 0.358 e. The number of nitrogens with one attached hydrogen (secondary N) is 1. The van der Waals surface area contributed by atoms with Gasteiger partial charge in [-0.25, -0.2) is 0 Å². The highest BCUT2D eigenvalue weighted by molar-refractivity contribution is 7.18. The zero-order chi connectivity index (χ0) is 8.72. The molecule has 0 aliphatic heterocycles. The monoisotopic (exact) mass is 175 g/mol. The van der Waals surface area contributed by atoms with Crippen molar-refractivity contribution in [3.05, 3.63) is 27.4 Å². The van der Waals surface area contributed by atoms with E-state index in [-0.39, 0.29) is 5.43 Å².